The van der Waals surface area contributed by atoms with Crippen molar-refractivity contribution in [3.8, 4) is 0 Å². The van der Waals surface area contributed by atoms with Crippen molar-refractivity contribution in [2.24, 2.45) is 0 Å². The Hall–Kier alpha value is 0.260. The molecule has 0 N–H and O–H groups in total. The van der Waals surface area contributed by atoms with Crippen LogP contribution in [0.2, 0.25) is 0 Å². The van der Waals surface area contributed by atoms with Crippen molar-refractivity contribution in [1.29, 1.82) is 0 Å². The number of Topliss-reactive ketones (excluding diaryl/α,β-unsaturated/α-hetero) is 1. The van der Waals surface area contributed by atoms with Crippen molar-refractivity contribution >= 4 is 41.6 Å². The van der Waals surface area contributed by atoms with Gasteiger partial charge in [0.25, 0.3) is 0 Å². The molecule has 0 bridgehead atoms. The minimum atomic E-state index is -0.486. The van der Waals surface area contributed by atoms with E-state index in [4.69, 9.17) is 9.47 Å². The summed E-state index contributed by atoms with van der Waals surface area (Å²) >= 11 is 0. The van der Waals surface area contributed by atoms with Crippen LogP contribution in [0.15, 0.2) is 0 Å². The Labute approximate surface area is 132 Å². The van der Waals surface area contributed by atoms with Crippen LogP contribution >= 0.6 is 0 Å². The first kappa shape index (κ1) is 20.6. The van der Waals surface area contributed by atoms with Gasteiger partial charge in [-0.05, 0) is 12.8 Å². The molecule has 0 aromatic rings. The number of carbonyl (C=O) groups excluding carboxylic acids is 2. The van der Waals surface area contributed by atoms with Gasteiger partial charge in [-0.3, -0.25) is 4.79 Å². The summed E-state index contributed by atoms with van der Waals surface area (Å²) in [5.41, 5.74) is 0. The van der Waals surface area contributed by atoms with Gasteiger partial charge in [0.1, 0.15) is 12.1 Å². The van der Waals surface area contributed by atoms with Crippen molar-refractivity contribution in [2.75, 3.05) is 13.2 Å². The normalized spacial score (nSPS) is 10.2. The second-order valence-electron chi connectivity index (χ2n) is 3.99. The molecule has 0 aromatic carbocycles. The van der Waals surface area contributed by atoms with E-state index in [9.17, 15) is 9.59 Å². The Morgan fingerprint density at radius 3 is 2.00 bits per heavy atom. The van der Waals surface area contributed by atoms with Gasteiger partial charge >= 0.3 is 29.6 Å². The molecular weight excluding hydrogens is 243 g/mol. The third kappa shape index (κ3) is 12.7. The first-order valence-corrected chi connectivity index (χ1v) is 6.43. The summed E-state index contributed by atoms with van der Waals surface area (Å²) in [6, 6.07) is 0. The number of hydrogen-bond donors (Lipinski definition) is 0. The first-order valence-electron chi connectivity index (χ1n) is 6.43. The molecule has 0 aliphatic rings. The predicted octanol–water partition coefficient (Wildman–Crippen LogP) is 1.85. The van der Waals surface area contributed by atoms with E-state index in [1.54, 1.807) is 0 Å². The molecule has 0 heterocycles. The zero-order chi connectivity index (χ0) is 12.9. The van der Waals surface area contributed by atoms with Crippen LogP contribution in [-0.2, 0) is 19.1 Å². The number of ether oxygens (including phenoxy) is 2. The van der Waals surface area contributed by atoms with E-state index < -0.39 is 6.29 Å². The van der Waals surface area contributed by atoms with Crippen LogP contribution in [0, 0.1) is 0 Å². The standard InChI is InChI=1S/C13H24O4.Na.H/c1-3-5-9-16-13(17-10-6-4-2)11-12(15)7-8-14;;/h8,13H,3-7,9-11H2,1-2H3;;. The Bertz CT molecular complexity index is 199. The van der Waals surface area contributed by atoms with Gasteiger partial charge in [0.15, 0.2) is 6.29 Å². The fraction of sp³-hybridized carbons (Fsp3) is 0.846. The number of carbonyl (C=O) groups is 2. The molecule has 102 valence electrons. The third-order valence-corrected chi connectivity index (χ3v) is 2.31. The third-order valence-electron chi connectivity index (χ3n) is 2.31. The van der Waals surface area contributed by atoms with Crippen molar-refractivity contribution in [3.63, 3.8) is 0 Å². The van der Waals surface area contributed by atoms with Crippen molar-refractivity contribution < 1.29 is 19.1 Å². The number of hydrogen-bond acceptors (Lipinski definition) is 4. The summed E-state index contributed by atoms with van der Waals surface area (Å²) in [6.45, 7) is 5.35. The summed E-state index contributed by atoms with van der Waals surface area (Å²) in [6.07, 6.45) is 4.26. The molecule has 0 aromatic heterocycles. The Morgan fingerprint density at radius 2 is 1.61 bits per heavy atom. The van der Waals surface area contributed by atoms with Gasteiger partial charge in [-0.25, -0.2) is 0 Å². The van der Waals surface area contributed by atoms with Gasteiger partial charge in [0, 0.05) is 13.2 Å². The second kappa shape index (κ2) is 15.3. The average molecular weight is 268 g/mol. The quantitative estimate of drug-likeness (QED) is 0.178. The van der Waals surface area contributed by atoms with Crippen molar-refractivity contribution in [2.45, 2.75) is 58.7 Å². The van der Waals surface area contributed by atoms with E-state index in [0.29, 0.717) is 19.5 Å². The van der Waals surface area contributed by atoms with E-state index in [1.807, 2.05) is 0 Å². The summed E-state index contributed by atoms with van der Waals surface area (Å²) < 4.78 is 11.0. The van der Waals surface area contributed by atoms with Gasteiger partial charge < -0.3 is 14.3 Å². The van der Waals surface area contributed by atoms with E-state index >= 15 is 0 Å². The molecular formula is C13H25NaO4. The first-order chi connectivity index (χ1) is 8.24. The molecule has 0 amide bonds. The van der Waals surface area contributed by atoms with Crippen LogP contribution in [0.4, 0.5) is 0 Å². The second-order valence-corrected chi connectivity index (χ2v) is 3.99. The Balaban J connectivity index is 0. The van der Waals surface area contributed by atoms with Gasteiger partial charge in [-0.1, -0.05) is 26.7 Å². The van der Waals surface area contributed by atoms with Crippen LogP contribution < -0.4 is 0 Å². The molecule has 0 radical (unpaired) electrons. The molecule has 0 saturated heterocycles. The van der Waals surface area contributed by atoms with E-state index in [2.05, 4.69) is 13.8 Å². The SMILES string of the molecule is CCCCOC(CC(=O)CC=O)OCCCC.[NaH]. The monoisotopic (exact) mass is 268 g/mol. The minimum absolute atomic E-state index is 0. The summed E-state index contributed by atoms with van der Waals surface area (Å²) in [4.78, 5) is 21.5. The fourth-order valence-electron chi connectivity index (χ4n) is 1.25. The van der Waals surface area contributed by atoms with Crippen LogP contribution in [0.5, 0.6) is 0 Å². The maximum atomic E-state index is 11.3. The molecule has 0 rings (SSSR count). The molecule has 0 aliphatic carbocycles. The molecule has 4 nitrogen and oxygen atoms in total. The van der Waals surface area contributed by atoms with Gasteiger partial charge in [0.05, 0.1) is 12.8 Å². The fourth-order valence-corrected chi connectivity index (χ4v) is 1.25. The predicted molar refractivity (Wildman–Crippen MR) is 73.0 cm³/mol. The van der Waals surface area contributed by atoms with E-state index in [-0.39, 0.29) is 48.2 Å². The van der Waals surface area contributed by atoms with Crippen LogP contribution in [0.1, 0.15) is 52.4 Å². The van der Waals surface area contributed by atoms with Crippen LogP contribution in [-0.4, -0.2) is 61.1 Å². The van der Waals surface area contributed by atoms with Gasteiger partial charge in [-0.2, -0.15) is 0 Å². The maximum absolute atomic E-state index is 11.3. The molecule has 0 aliphatic heterocycles. The van der Waals surface area contributed by atoms with Crippen molar-refractivity contribution in [3.05, 3.63) is 0 Å². The van der Waals surface area contributed by atoms with Crippen LogP contribution in [0.25, 0.3) is 0 Å². The van der Waals surface area contributed by atoms with Crippen LogP contribution in [0.3, 0.4) is 0 Å². The molecule has 18 heavy (non-hydrogen) atoms. The summed E-state index contributed by atoms with van der Waals surface area (Å²) in [5, 5.41) is 0. The summed E-state index contributed by atoms with van der Waals surface area (Å²) in [5.74, 6) is -0.127. The average Bonchev–Trinajstić information content (AvgIpc) is 2.29. The topological polar surface area (TPSA) is 52.6 Å². The molecule has 0 atom stereocenters. The number of aldehydes is 1. The number of rotatable bonds is 12. The van der Waals surface area contributed by atoms with E-state index in [0.717, 1.165) is 25.7 Å². The Morgan fingerprint density at radius 1 is 1.11 bits per heavy atom. The van der Waals surface area contributed by atoms with E-state index in [1.165, 1.54) is 0 Å². The molecule has 5 heteroatoms. The van der Waals surface area contributed by atoms with Crippen molar-refractivity contribution in [1.82, 2.24) is 0 Å². The molecule has 0 fully saturated rings. The zero-order valence-corrected chi connectivity index (χ0v) is 10.9. The van der Waals surface area contributed by atoms with Gasteiger partial charge in [0.2, 0.25) is 0 Å². The molecule has 0 saturated carbocycles. The molecule has 0 unspecified atom stereocenters. The zero-order valence-electron chi connectivity index (χ0n) is 10.9. The molecule has 0 spiro atoms. The summed E-state index contributed by atoms with van der Waals surface area (Å²) in [7, 11) is 0. The number of ketones is 1. The number of unbranched alkanes of at least 4 members (excludes halogenated alkanes) is 2. The Kier molecular flexibility index (Phi) is 17.5. The van der Waals surface area contributed by atoms with Gasteiger partial charge in [-0.15, -0.1) is 0 Å².